The molecule has 0 aliphatic carbocycles. The molecule has 1 aromatic heterocycles. The maximum absolute atomic E-state index is 13.8. The molecule has 4 aromatic rings. The van der Waals surface area contributed by atoms with E-state index in [9.17, 15) is 19.1 Å². The van der Waals surface area contributed by atoms with Crippen molar-refractivity contribution in [2.45, 2.75) is 19.4 Å². The molecule has 1 atom stereocenters. The van der Waals surface area contributed by atoms with Crippen molar-refractivity contribution in [1.29, 1.82) is 0 Å². The van der Waals surface area contributed by atoms with Crippen LogP contribution in [0, 0.1) is 5.82 Å². The van der Waals surface area contributed by atoms with Crippen molar-refractivity contribution in [3.8, 4) is 5.75 Å². The second-order valence-corrected chi connectivity index (χ2v) is 9.07. The summed E-state index contributed by atoms with van der Waals surface area (Å²) >= 11 is 1.11. The molecule has 1 fully saturated rings. The first kappa shape index (κ1) is 22.7. The standard InChI is InChI=1S/C27H21FN2O4S/c1-2-13-34-19-10-6-9-17(14-19)23-22(24(31)16-7-4-3-5-8-16)25(32)26(33)30(23)27-29-20-12-11-18(28)15-21(20)35-27/h3-12,14-15,23,31H,2,13H2,1H3. The van der Waals surface area contributed by atoms with Gasteiger partial charge in [0.1, 0.15) is 17.3 Å². The number of fused-ring (bicyclic) bond motifs is 1. The van der Waals surface area contributed by atoms with Crippen LogP contribution >= 0.6 is 11.3 Å². The van der Waals surface area contributed by atoms with E-state index in [4.69, 9.17) is 4.74 Å². The number of rotatable bonds is 6. The Labute approximate surface area is 204 Å². The zero-order chi connectivity index (χ0) is 24.5. The molecule has 0 bridgehead atoms. The summed E-state index contributed by atoms with van der Waals surface area (Å²) in [6.07, 6.45) is 0.818. The minimum Gasteiger partial charge on any atom is -0.507 e. The third-order valence-electron chi connectivity index (χ3n) is 5.68. The lowest BCUT2D eigenvalue weighted by Gasteiger charge is -2.23. The molecule has 1 amide bonds. The molecule has 176 valence electrons. The fourth-order valence-corrected chi connectivity index (χ4v) is 5.10. The maximum Gasteiger partial charge on any atom is 0.301 e. The Morgan fingerprint density at radius 1 is 1.09 bits per heavy atom. The molecule has 1 N–H and O–H groups in total. The summed E-state index contributed by atoms with van der Waals surface area (Å²) in [4.78, 5) is 32.4. The van der Waals surface area contributed by atoms with Crippen molar-refractivity contribution in [2.24, 2.45) is 0 Å². The van der Waals surface area contributed by atoms with Gasteiger partial charge >= 0.3 is 5.91 Å². The molecule has 1 aliphatic heterocycles. The van der Waals surface area contributed by atoms with Gasteiger partial charge in [-0.05, 0) is 42.3 Å². The number of Topliss-reactive ketones (excluding diaryl/α,β-unsaturated/α-hetero) is 1. The molecule has 0 saturated carbocycles. The van der Waals surface area contributed by atoms with Crippen LogP contribution in [0.4, 0.5) is 9.52 Å². The lowest BCUT2D eigenvalue weighted by molar-refractivity contribution is -0.132. The number of halogens is 1. The highest BCUT2D eigenvalue weighted by Gasteiger charge is 2.48. The monoisotopic (exact) mass is 488 g/mol. The molecular formula is C27H21FN2O4S. The van der Waals surface area contributed by atoms with Crippen LogP contribution in [0.3, 0.4) is 0 Å². The van der Waals surface area contributed by atoms with Gasteiger partial charge in [-0.1, -0.05) is 60.7 Å². The third kappa shape index (κ3) is 4.17. The van der Waals surface area contributed by atoms with Gasteiger partial charge < -0.3 is 9.84 Å². The predicted octanol–water partition coefficient (Wildman–Crippen LogP) is 5.85. The van der Waals surface area contributed by atoms with Crippen molar-refractivity contribution in [3.05, 3.63) is 95.3 Å². The molecule has 6 nitrogen and oxygen atoms in total. The van der Waals surface area contributed by atoms with Crippen LogP contribution in [0.25, 0.3) is 16.0 Å². The number of hydrogen-bond donors (Lipinski definition) is 1. The number of amides is 1. The summed E-state index contributed by atoms with van der Waals surface area (Å²) in [6, 6.07) is 18.9. The zero-order valence-electron chi connectivity index (χ0n) is 18.8. The average molecular weight is 489 g/mol. The van der Waals surface area contributed by atoms with Gasteiger partial charge in [-0.15, -0.1) is 0 Å². The van der Waals surface area contributed by atoms with Crippen LogP contribution in [-0.4, -0.2) is 28.4 Å². The summed E-state index contributed by atoms with van der Waals surface area (Å²) in [6.45, 7) is 2.51. The second-order valence-electron chi connectivity index (χ2n) is 8.06. The number of aliphatic hydroxyl groups is 1. The minimum absolute atomic E-state index is 0.0423. The van der Waals surface area contributed by atoms with E-state index < -0.39 is 23.5 Å². The number of benzene rings is 3. The molecule has 1 saturated heterocycles. The van der Waals surface area contributed by atoms with Gasteiger partial charge in [-0.3, -0.25) is 14.5 Å². The Kier molecular flexibility index (Phi) is 6.05. The van der Waals surface area contributed by atoms with Gasteiger partial charge in [0.2, 0.25) is 0 Å². The number of carbonyl (C=O) groups is 2. The van der Waals surface area contributed by atoms with E-state index in [1.165, 1.54) is 23.1 Å². The summed E-state index contributed by atoms with van der Waals surface area (Å²) in [5, 5.41) is 11.4. The molecule has 0 radical (unpaired) electrons. The Bertz CT molecular complexity index is 1460. The average Bonchev–Trinajstić information content (AvgIpc) is 3.40. The fourth-order valence-electron chi connectivity index (χ4n) is 4.08. The smallest absolute Gasteiger partial charge is 0.301 e. The van der Waals surface area contributed by atoms with E-state index in [-0.39, 0.29) is 16.5 Å². The van der Waals surface area contributed by atoms with Gasteiger partial charge in [0, 0.05) is 5.56 Å². The van der Waals surface area contributed by atoms with Crippen LogP contribution in [0.1, 0.15) is 30.5 Å². The highest BCUT2D eigenvalue weighted by molar-refractivity contribution is 7.22. The molecule has 35 heavy (non-hydrogen) atoms. The topological polar surface area (TPSA) is 79.7 Å². The summed E-state index contributed by atoms with van der Waals surface area (Å²) in [7, 11) is 0. The Morgan fingerprint density at radius 2 is 1.89 bits per heavy atom. The number of anilines is 1. The van der Waals surface area contributed by atoms with Crippen molar-refractivity contribution in [2.75, 3.05) is 11.5 Å². The van der Waals surface area contributed by atoms with Crippen molar-refractivity contribution in [1.82, 2.24) is 4.98 Å². The fraction of sp³-hybridized carbons (Fsp3) is 0.148. The highest BCUT2D eigenvalue weighted by atomic mass is 32.1. The normalized spacial score (nSPS) is 17.3. The van der Waals surface area contributed by atoms with Crippen LogP contribution in [-0.2, 0) is 9.59 Å². The van der Waals surface area contributed by atoms with E-state index in [2.05, 4.69) is 4.98 Å². The van der Waals surface area contributed by atoms with Gasteiger partial charge in [-0.25, -0.2) is 9.37 Å². The van der Waals surface area contributed by atoms with Crippen LogP contribution in [0.15, 0.2) is 78.4 Å². The number of hydrogen-bond acceptors (Lipinski definition) is 6. The Hall–Kier alpha value is -4.04. The Balaban J connectivity index is 1.70. The van der Waals surface area contributed by atoms with Gasteiger partial charge in [0.15, 0.2) is 5.13 Å². The Morgan fingerprint density at radius 3 is 2.66 bits per heavy atom. The van der Waals surface area contributed by atoms with E-state index >= 15 is 0 Å². The van der Waals surface area contributed by atoms with E-state index in [1.54, 1.807) is 54.6 Å². The van der Waals surface area contributed by atoms with Crippen molar-refractivity contribution in [3.63, 3.8) is 0 Å². The third-order valence-corrected chi connectivity index (χ3v) is 6.70. The highest BCUT2D eigenvalue weighted by Crippen LogP contribution is 2.44. The first-order chi connectivity index (χ1) is 17.0. The first-order valence-corrected chi connectivity index (χ1v) is 11.9. The largest absolute Gasteiger partial charge is 0.507 e. The van der Waals surface area contributed by atoms with Gasteiger partial charge in [0.05, 0.1) is 28.4 Å². The minimum atomic E-state index is -0.939. The number of aliphatic hydroxyl groups excluding tert-OH is 1. The summed E-state index contributed by atoms with van der Waals surface area (Å²) in [5.74, 6) is -1.74. The lowest BCUT2D eigenvalue weighted by Crippen LogP contribution is -2.29. The predicted molar refractivity (Wildman–Crippen MR) is 133 cm³/mol. The second kappa shape index (κ2) is 9.31. The van der Waals surface area contributed by atoms with E-state index in [0.29, 0.717) is 33.7 Å². The molecular weight excluding hydrogens is 467 g/mol. The number of ketones is 1. The van der Waals surface area contributed by atoms with Crippen molar-refractivity contribution >= 4 is 44.1 Å². The number of thiazole rings is 1. The van der Waals surface area contributed by atoms with E-state index in [1.807, 2.05) is 6.92 Å². The molecule has 8 heteroatoms. The summed E-state index contributed by atoms with van der Waals surface area (Å²) in [5.41, 5.74) is 1.47. The van der Waals surface area contributed by atoms with Crippen LogP contribution in [0.2, 0.25) is 0 Å². The number of carbonyl (C=O) groups excluding carboxylic acids is 2. The number of aromatic nitrogens is 1. The van der Waals surface area contributed by atoms with Crippen LogP contribution < -0.4 is 9.64 Å². The number of ether oxygens (including phenoxy) is 1. The van der Waals surface area contributed by atoms with Gasteiger partial charge in [0.25, 0.3) is 5.78 Å². The molecule has 0 spiro atoms. The molecule has 3 aromatic carbocycles. The molecule has 5 rings (SSSR count). The zero-order valence-corrected chi connectivity index (χ0v) is 19.6. The summed E-state index contributed by atoms with van der Waals surface area (Å²) < 4.78 is 20.1. The maximum atomic E-state index is 13.8. The van der Waals surface area contributed by atoms with Gasteiger partial charge in [-0.2, -0.15) is 0 Å². The van der Waals surface area contributed by atoms with E-state index in [0.717, 1.165) is 17.8 Å². The number of nitrogens with zero attached hydrogens (tertiary/aromatic N) is 2. The quantitative estimate of drug-likeness (QED) is 0.209. The SMILES string of the molecule is CCCOc1cccc(C2C(=C(O)c3ccccc3)C(=O)C(=O)N2c2nc3ccc(F)cc3s2)c1. The molecule has 2 heterocycles. The first-order valence-electron chi connectivity index (χ1n) is 11.1. The molecule has 1 aliphatic rings. The van der Waals surface area contributed by atoms with Crippen molar-refractivity contribution < 1.29 is 23.8 Å². The van der Waals surface area contributed by atoms with Crippen LogP contribution in [0.5, 0.6) is 5.75 Å². The lowest BCUT2D eigenvalue weighted by atomic mass is 9.95. The molecule has 1 unspecified atom stereocenters.